The number of alkyl halides is 1. The molecule has 0 aromatic heterocycles. The van der Waals surface area contributed by atoms with E-state index in [4.69, 9.17) is 5.73 Å². The lowest BCUT2D eigenvalue weighted by Gasteiger charge is -2.23. The van der Waals surface area contributed by atoms with Crippen molar-refractivity contribution in [3.63, 3.8) is 0 Å². The van der Waals surface area contributed by atoms with Crippen molar-refractivity contribution >= 4 is 0 Å². The lowest BCUT2D eigenvalue weighted by molar-refractivity contribution is 0.179. The van der Waals surface area contributed by atoms with E-state index in [0.29, 0.717) is 0 Å². The second kappa shape index (κ2) is 5.34. The number of benzene rings is 1. The predicted octanol–water partition coefficient (Wildman–Crippen LogP) is 3.21. The van der Waals surface area contributed by atoms with Crippen LogP contribution in [0.3, 0.4) is 0 Å². The fraction of sp³-hybridized carbons (Fsp3) is 0.500. The smallest absolute Gasteiger partial charge is 0.135 e. The minimum atomic E-state index is -1.70. The predicted molar refractivity (Wildman–Crippen MR) is 57.6 cm³/mol. The minimum Gasteiger partial charge on any atom is -0.330 e. The van der Waals surface area contributed by atoms with Crippen molar-refractivity contribution in [3.05, 3.63) is 35.4 Å². The molecule has 0 aliphatic heterocycles. The van der Waals surface area contributed by atoms with E-state index < -0.39 is 29.3 Å². The van der Waals surface area contributed by atoms with Gasteiger partial charge in [0, 0.05) is 5.92 Å². The molecule has 2 unspecified atom stereocenters. The molecule has 1 rings (SSSR count). The Morgan fingerprint density at radius 2 is 1.69 bits per heavy atom. The summed E-state index contributed by atoms with van der Waals surface area (Å²) < 4.78 is 40.7. The Balaban J connectivity index is 3.08. The highest BCUT2D eigenvalue weighted by molar-refractivity contribution is 5.23. The standard InChI is InChI=1S/C12H16F3N/c1-7(2)8(6-16)12(15)11-9(13)4-3-5-10(11)14/h3-5,7-8,12H,6,16H2,1-2H3. The third-order valence-electron chi connectivity index (χ3n) is 2.78. The van der Waals surface area contributed by atoms with Crippen LogP contribution in [0.2, 0.25) is 0 Å². The molecular weight excluding hydrogens is 215 g/mol. The lowest BCUT2D eigenvalue weighted by atomic mass is 9.87. The van der Waals surface area contributed by atoms with Crippen LogP contribution in [0, 0.1) is 23.5 Å². The molecular formula is C12H16F3N. The summed E-state index contributed by atoms with van der Waals surface area (Å²) in [5, 5.41) is 0. The summed E-state index contributed by atoms with van der Waals surface area (Å²) in [7, 11) is 0. The van der Waals surface area contributed by atoms with Crippen LogP contribution < -0.4 is 5.73 Å². The third kappa shape index (κ3) is 2.55. The maximum absolute atomic E-state index is 14.0. The van der Waals surface area contributed by atoms with Crippen LogP contribution in [0.5, 0.6) is 0 Å². The summed E-state index contributed by atoms with van der Waals surface area (Å²) in [6, 6.07) is 3.32. The number of hydrogen-bond acceptors (Lipinski definition) is 1. The largest absolute Gasteiger partial charge is 0.330 e. The Hall–Kier alpha value is -1.03. The first kappa shape index (κ1) is 13.0. The van der Waals surface area contributed by atoms with Crippen LogP contribution >= 0.6 is 0 Å². The van der Waals surface area contributed by atoms with Crippen molar-refractivity contribution in [1.29, 1.82) is 0 Å². The number of rotatable bonds is 4. The summed E-state index contributed by atoms with van der Waals surface area (Å²) in [5.74, 6) is -2.36. The van der Waals surface area contributed by atoms with Crippen molar-refractivity contribution in [2.24, 2.45) is 17.6 Å². The summed E-state index contributed by atoms with van der Waals surface area (Å²) in [5.41, 5.74) is 4.92. The zero-order valence-electron chi connectivity index (χ0n) is 9.38. The van der Waals surface area contributed by atoms with E-state index in [2.05, 4.69) is 0 Å². The van der Waals surface area contributed by atoms with Gasteiger partial charge in [-0.05, 0) is 24.6 Å². The first-order valence-electron chi connectivity index (χ1n) is 5.27. The molecule has 0 aliphatic rings. The van der Waals surface area contributed by atoms with Gasteiger partial charge in [0.1, 0.15) is 17.8 Å². The Kier molecular flexibility index (Phi) is 4.35. The van der Waals surface area contributed by atoms with Gasteiger partial charge in [0.05, 0.1) is 5.56 Å². The SMILES string of the molecule is CC(C)C(CN)C(F)c1c(F)cccc1F. The average Bonchev–Trinajstić information content (AvgIpc) is 2.17. The summed E-state index contributed by atoms with van der Waals surface area (Å²) >= 11 is 0. The molecule has 0 saturated carbocycles. The van der Waals surface area contributed by atoms with E-state index in [1.165, 1.54) is 6.07 Å². The normalized spacial score (nSPS) is 15.2. The fourth-order valence-corrected chi connectivity index (χ4v) is 1.72. The summed E-state index contributed by atoms with van der Waals surface area (Å²) in [6.45, 7) is 3.62. The van der Waals surface area contributed by atoms with Crippen LogP contribution in [0.15, 0.2) is 18.2 Å². The van der Waals surface area contributed by atoms with Crippen molar-refractivity contribution in [2.75, 3.05) is 6.54 Å². The molecule has 90 valence electrons. The first-order chi connectivity index (χ1) is 7.49. The van der Waals surface area contributed by atoms with Crippen LogP contribution in [-0.2, 0) is 0 Å². The quantitative estimate of drug-likeness (QED) is 0.846. The van der Waals surface area contributed by atoms with Crippen molar-refractivity contribution in [1.82, 2.24) is 0 Å². The molecule has 16 heavy (non-hydrogen) atoms. The van der Waals surface area contributed by atoms with E-state index in [1.54, 1.807) is 13.8 Å². The maximum atomic E-state index is 14.0. The molecule has 0 heterocycles. The Morgan fingerprint density at radius 1 is 1.19 bits per heavy atom. The van der Waals surface area contributed by atoms with Gasteiger partial charge in [-0.15, -0.1) is 0 Å². The molecule has 0 fully saturated rings. The molecule has 2 N–H and O–H groups in total. The number of hydrogen-bond donors (Lipinski definition) is 1. The summed E-state index contributed by atoms with van der Waals surface area (Å²) in [4.78, 5) is 0. The third-order valence-corrected chi connectivity index (χ3v) is 2.78. The Bertz CT molecular complexity index is 332. The molecule has 0 radical (unpaired) electrons. The van der Waals surface area contributed by atoms with Crippen molar-refractivity contribution in [2.45, 2.75) is 20.0 Å². The molecule has 0 bridgehead atoms. The zero-order valence-corrected chi connectivity index (χ0v) is 9.38. The maximum Gasteiger partial charge on any atom is 0.135 e. The molecule has 2 atom stereocenters. The van der Waals surface area contributed by atoms with Crippen LogP contribution in [0.4, 0.5) is 13.2 Å². The van der Waals surface area contributed by atoms with E-state index in [0.717, 1.165) is 12.1 Å². The van der Waals surface area contributed by atoms with Gasteiger partial charge in [-0.25, -0.2) is 13.2 Å². The summed E-state index contributed by atoms with van der Waals surface area (Å²) in [6.07, 6.45) is -1.70. The second-order valence-electron chi connectivity index (χ2n) is 4.18. The van der Waals surface area contributed by atoms with E-state index in [9.17, 15) is 13.2 Å². The van der Waals surface area contributed by atoms with Crippen molar-refractivity contribution < 1.29 is 13.2 Å². The number of nitrogens with two attached hydrogens (primary N) is 1. The second-order valence-corrected chi connectivity index (χ2v) is 4.18. The van der Waals surface area contributed by atoms with Gasteiger partial charge in [-0.2, -0.15) is 0 Å². The van der Waals surface area contributed by atoms with E-state index in [-0.39, 0.29) is 12.5 Å². The van der Waals surface area contributed by atoms with E-state index in [1.807, 2.05) is 0 Å². The van der Waals surface area contributed by atoms with Gasteiger partial charge in [0.15, 0.2) is 0 Å². The Labute approximate surface area is 93.5 Å². The molecule has 1 aromatic rings. The fourth-order valence-electron chi connectivity index (χ4n) is 1.72. The van der Waals surface area contributed by atoms with Crippen LogP contribution in [0.1, 0.15) is 25.6 Å². The average molecular weight is 231 g/mol. The van der Waals surface area contributed by atoms with Crippen LogP contribution in [-0.4, -0.2) is 6.54 Å². The zero-order chi connectivity index (χ0) is 12.3. The van der Waals surface area contributed by atoms with Gasteiger partial charge in [0.25, 0.3) is 0 Å². The van der Waals surface area contributed by atoms with Gasteiger partial charge < -0.3 is 5.73 Å². The van der Waals surface area contributed by atoms with Gasteiger partial charge in [-0.3, -0.25) is 0 Å². The molecule has 1 aromatic carbocycles. The number of halogens is 3. The molecule has 0 amide bonds. The first-order valence-corrected chi connectivity index (χ1v) is 5.27. The molecule has 0 aliphatic carbocycles. The van der Waals surface area contributed by atoms with E-state index >= 15 is 0 Å². The highest BCUT2D eigenvalue weighted by Crippen LogP contribution is 2.33. The van der Waals surface area contributed by atoms with Gasteiger partial charge >= 0.3 is 0 Å². The Morgan fingerprint density at radius 3 is 2.06 bits per heavy atom. The highest BCUT2D eigenvalue weighted by atomic mass is 19.2. The molecule has 4 heteroatoms. The minimum absolute atomic E-state index is 0.0621. The topological polar surface area (TPSA) is 26.0 Å². The monoisotopic (exact) mass is 231 g/mol. The van der Waals surface area contributed by atoms with Gasteiger partial charge in [0.2, 0.25) is 0 Å². The van der Waals surface area contributed by atoms with Crippen LogP contribution in [0.25, 0.3) is 0 Å². The molecule has 0 spiro atoms. The molecule has 0 saturated heterocycles. The molecule has 1 nitrogen and oxygen atoms in total. The lowest BCUT2D eigenvalue weighted by Crippen LogP contribution is -2.25. The van der Waals surface area contributed by atoms with Gasteiger partial charge in [-0.1, -0.05) is 19.9 Å². The highest BCUT2D eigenvalue weighted by Gasteiger charge is 2.29. The van der Waals surface area contributed by atoms with Crippen molar-refractivity contribution in [3.8, 4) is 0 Å².